The first-order valence-electron chi connectivity index (χ1n) is 10.8. The van der Waals surface area contributed by atoms with Crippen molar-refractivity contribution in [2.45, 2.75) is 32.2 Å². The molecule has 0 saturated carbocycles. The fourth-order valence-electron chi connectivity index (χ4n) is 4.08. The van der Waals surface area contributed by atoms with Gasteiger partial charge in [-0.15, -0.1) is 23.9 Å². The molecule has 3 aromatic heterocycles. The summed E-state index contributed by atoms with van der Waals surface area (Å²) >= 11 is 7.90. The molecule has 0 spiro atoms. The van der Waals surface area contributed by atoms with Gasteiger partial charge in [0.1, 0.15) is 16.4 Å². The third-order valence-corrected chi connectivity index (χ3v) is 7.39. The van der Waals surface area contributed by atoms with E-state index in [9.17, 15) is 0 Å². The molecule has 2 N–H and O–H groups in total. The molecule has 5 rings (SSSR count). The Balaban J connectivity index is 1.49. The van der Waals surface area contributed by atoms with Crippen molar-refractivity contribution in [3.05, 3.63) is 64.8 Å². The lowest BCUT2D eigenvalue weighted by molar-refractivity contribution is 0.653. The third kappa shape index (κ3) is 4.03. The highest BCUT2D eigenvalue weighted by atomic mass is 35.5. The Kier molecular flexibility index (Phi) is 5.95. The zero-order valence-corrected chi connectivity index (χ0v) is 19.4. The van der Waals surface area contributed by atoms with Crippen molar-refractivity contribution in [2.24, 2.45) is 0 Å². The molecule has 0 radical (unpaired) electrons. The molecule has 0 aliphatic carbocycles. The van der Waals surface area contributed by atoms with Gasteiger partial charge in [0.25, 0.3) is 0 Å². The lowest BCUT2D eigenvalue weighted by atomic mass is 10.1. The van der Waals surface area contributed by atoms with E-state index in [1.54, 1.807) is 17.5 Å². The summed E-state index contributed by atoms with van der Waals surface area (Å²) < 4.78 is 0. The zero-order valence-electron chi connectivity index (χ0n) is 17.9. The third-order valence-electron chi connectivity index (χ3n) is 5.86. The molecular formula is C24H24ClN6S-. The van der Waals surface area contributed by atoms with Gasteiger partial charge in [-0.3, -0.25) is 10.1 Å². The van der Waals surface area contributed by atoms with E-state index in [0.717, 1.165) is 68.5 Å². The zero-order chi connectivity index (χ0) is 22.1. The van der Waals surface area contributed by atoms with Crippen LogP contribution in [0, 0.1) is 6.92 Å². The van der Waals surface area contributed by atoms with Gasteiger partial charge in [0.05, 0.1) is 16.1 Å². The second-order valence-electron chi connectivity index (χ2n) is 8.00. The summed E-state index contributed by atoms with van der Waals surface area (Å²) in [6.07, 6.45) is 7.05. The molecule has 4 aromatic rings. The summed E-state index contributed by atoms with van der Waals surface area (Å²) in [5.74, 6) is 0. The van der Waals surface area contributed by atoms with Crippen LogP contribution in [0.15, 0.2) is 43.2 Å². The second kappa shape index (κ2) is 9.02. The van der Waals surface area contributed by atoms with Crippen LogP contribution in [-0.4, -0.2) is 39.3 Å². The number of nitrogens with one attached hydrogen (secondary N) is 2. The van der Waals surface area contributed by atoms with Gasteiger partial charge in [0.15, 0.2) is 0 Å². The van der Waals surface area contributed by atoms with Gasteiger partial charge in [-0.05, 0) is 30.7 Å². The van der Waals surface area contributed by atoms with Crippen molar-refractivity contribution in [1.82, 2.24) is 25.5 Å². The number of aromatic amines is 1. The molecule has 1 aromatic carbocycles. The van der Waals surface area contributed by atoms with E-state index >= 15 is 0 Å². The molecule has 0 bridgehead atoms. The SMILES string of the molecule is C=C(NCCC1CCC[N-]1)c1nc(-c2[nH]nc3c(C)c(Cl)ccc23)sc1-c1cccnc1. The minimum atomic E-state index is 0.463. The maximum absolute atomic E-state index is 6.29. The molecule has 32 heavy (non-hydrogen) atoms. The van der Waals surface area contributed by atoms with Crippen LogP contribution in [-0.2, 0) is 0 Å². The Bertz CT molecular complexity index is 1260. The first kappa shape index (κ1) is 21.1. The minimum Gasteiger partial charge on any atom is -0.659 e. The summed E-state index contributed by atoms with van der Waals surface area (Å²) in [4.78, 5) is 10.3. The fourth-order valence-corrected chi connectivity index (χ4v) is 5.33. The van der Waals surface area contributed by atoms with Crippen LogP contribution >= 0.6 is 22.9 Å². The van der Waals surface area contributed by atoms with E-state index < -0.39 is 0 Å². The number of pyridine rings is 1. The highest BCUT2D eigenvalue weighted by molar-refractivity contribution is 7.18. The van der Waals surface area contributed by atoms with E-state index in [1.165, 1.54) is 12.8 Å². The number of aromatic nitrogens is 4. The van der Waals surface area contributed by atoms with E-state index in [2.05, 4.69) is 32.4 Å². The molecule has 164 valence electrons. The van der Waals surface area contributed by atoms with Gasteiger partial charge < -0.3 is 10.6 Å². The summed E-state index contributed by atoms with van der Waals surface area (Å²) in [6.45, 7) is 8.10. The molecule has 1 fully saturated rings. The topological polar surface area (TPSA) is 80.6 Å². The number of thiazole rings is 1. The number of aryl methyl sites for hydroxylation is 1. The van der Waals surface area contributed by atoms with Crippen LogP contribution in [0.3, 0.4) is 0 Å². The lowest BCUT2D eigenvalue weighted by Gasteiger charge is -2.22. The molecular weight excluding hydrogens is 440 g/mol. The van der Waals surface area contributed by atoms with Crippen molar-refractivity contribution in [1.29, 1.82) is 0 Å². The first-order valence-corrected chi connectivity index (χ1v) is 12.0. The molecule has 1 atom stereocenters. The molecule has 1 aliphatic heterocycles. The second-order valence-corrected chi connectivity index (χ2v) is 9.41. The standard InChI is InChI=1S/C24H24ClN6S/c1-14-19(25)8-7-18-20(14)30-31-22(18)24-29-21(23(32-24)16-5-3-10-26-13-16)15(2)27-12-9-17-6-4-11-28-17/h3,5,7-8,10,13,17,27H,2,4,6,9,11-12H2,1H3,(H,30,31)/q-1. The number of benzene rings is 1. The number of fused-ring (bicyclic) bond motifs is 1. The molecule has 4 heterocycles. The van der Waals surface area contributed by atoms with E-state index in [-0.39, 0.29) is 0 Å². The number of H-pyrrole nitrogens is 1. The summed E-state index contributed by atoms with van der Waals surface area (Å²) in [7, 11) is 0. The Morgan fingerprint density at radius 1 is 1.38 bits per heavy atom. The van der Waals surface area contributed by atoms with Crippen LogP contribution in [0.4, 0.5) is 0 Å². The molecule has 1 saturated heterocycles. The number of rotatable bonds is 7. The Hall–Kier alpha value is -2.74. The van der Waals surface area contributed by atoms with Crippen molar-refractivity contribution >= 4 is 39.5 Å². The van der Waals surface area contributed by atoms with Crippen LogP contribution in [0.1, 0.15) is 30.5 Å². The normalized spacial score (nSPS) is 16.0. The monoisotopic (exact) mass is 463 g/mol. The Morgan fingerprint density at radius 3 is 3.06 bits per heavy atom. The van der Waals surface area contributed by atoms with E-state index in [1.807, 2.05) is 37.4 Å². The molecule has 6 nitrogen and oxygen atoms in total. The van der Waals surface area contributed by atoms with Gasteiger partial charge in [-0.25, -0.2) is 4.98 Å². The summed E-state index contributed by atoms with van der Waals surface area (Å²) in [5, 5.41) is 18.4. The maximum atomic E-state index is 6.29. The molecule has 0 amide bonds. The first-order chi connectivity index (χ1) is 15.6. The highest BCUT2D eigenvalue weighted by Gasteiger charge is 2.20. The number of hydrogen-bond acceptors (Lipinski definition) is 5. The number of nitrogens with zero attached hydrogens (tertiary/aromatic N) is 4. The average Bonchev–Trinajstić information content (AvgIpc) is 3.56. The summed E-state index contributed by atoms with van der Waals surface area (Å²) in [6, 6.07) is 8.35. The largest absolute Gasteiger partial charge is 0.659 e. The molecule has 1 aliphatic rings. The number of hydrogen-bond donors (Lipinski definition) is 2. The average molecular weight is 464 g/mol. The van der Waals surface area contributed by atoms with E-state index in [0.29, 0.717) is 11.1 Å². The van der Waals surface area contributed by atoms with Gasteiger partial charge in [-0.2, -0.15) is 5.10 Å². The minimum absolute atomic E-state index is 0.463. The van der Waals surface area contributed by atoms with Gasteiger partial charge in [0.2, 0.25) is 0 Å². The van der Waals surface area contributed by atoms with Crippen molar-refractivity contribution in [3.8, 4) is 21.1 Å². The van der Waals surface area contributed by atoms with Crippen molar-refractivity contribution in [2.75, 3.05) is 13.1 Å². The van der Waals surface area contributed by atoms with Crippen LogP contribution in [0.25, 0.3) is 43.1 Å². The predicted octanol–water partition coefficient (Wildman–Crippen LogP) is 6.20. The van der Waals surface area contributed by atoms with Crippen LogP contribution in [0.5, 0.6) is 0 Å². The van der Waals surface area contributed by atoms with Crippen LogP contribution < -0.4 is 5.32 Å². The highest BCUT2D eigenvalue weighted by Crippen LogP contribution is 2.39. The smallest absolute Gasteiger partial charge is 0.143 e. The van der Waals surface area contributed by atoms with Crippen molar-refractivity contribution < 1.29 is 0 Å². The predicted molar refractivity (Wildman–Crippen MR) is 133 cm³/mol. The molecule has 1 unspecified atom stereocenters. The van der Waals surface area contributed by atoms with Gasteiger partial charge in [0, 0.05) is 34.9 Å². The Labute approximate surface area is 196 Å². The van der Waals surface area contributed by atoms with Gasteiger partial charge >= 0.3 is 0 Å². The fraction of sp³-hybridized carbons (Fsp3) is 0.292. The molecule has 8 heteroatoms. The maximum Gasteiger partial charge on any atom is 0.143 e. The van der Waals surface area contributed by atoms with Crippen molar-refractivity contribution in [3.63, 3.8) is 0 Å². The van der Waals surface area contributed by atoms with Gasteiger partial charge in [-0.1, -0.05) is 43.5 Å². The Morgan fingerprint density at radius 2 is 2.28 bits per heavy atom. The van der Waals surface area contributed by atoms with E-state index in [4.69, 9.17) is 16.6 Å². The lowest BCUT2D eigenvalue weighted by Crippen LogP contribution is -2.17. The quantitative estimate of drug-likeness (QED) is 0.342. The number of halogens is 1. The summed E-state index contributed by atoms with van der Waals surface area (Å²) in [5.41, 5.74) is 5.38. The van der Waals surface area contributed by atoms with Crippen LogP contribution in [0.2, 0.25) is 5.02 Å².